The maximum Gasteiger partial charge on any atom is 0.169 e. The quantitative estimate of drug-likeness (QED) is 0.317. The van der Waals surface area contributed by atoms with E-state index in [1.807, 2.05) is 0 Å². The molecule has 0 saturated carbocycles. The smallest absolute Gasteiger partial charge is 0.169 e. The van der Waals surface area contributed by atoms with E-state index in [9.17, 15) is 9.90 Å². The van der Waals surface area contributed by atoms with Crippen molar-refractivity contribution in [2.45, 2.75) is 6.29 Å². The molecule has 0 heterocycles. The highest BCUT2D eigenvalue weighted by Crippen LogP contribution is 1.66. The zero-order valence-electron chi connectivity index (χ0n) is 5.00. The normalized spacial score (nSPS) is 8.33. The summed E-state index contributed by atoms with van der Waals surface area (Å²) in [4.78, 5) is 9.46. The number of aliphatic hydroxyl groups is 2. The summed E-state index contributed by atoms with van der Waals surface area (Å²) in [5.41, 5.74) is 0. The van der Waals surface area contributed by atoms with Crippen LogP contribution in [0.5, 0.6) is 0 Å². The van der Waals surface area contributed by atoms with E-state index in [0.717, 1.165) is 0 Å². The number of hydrogen-bond donors (Lipinski definition) is 4. The minimum atomic E-state index is -1.65. The van der Waals surface area contributed by atoms with E-state index < -0.39 is 18.9 Å². The zero-order valence-corrected chi connectivity index (χ0v) is 5.00. The fourth-order valence-corrected chi connectivity index (χ4v) is 0.175. The monoisotopic (exact) mass is 138 g/mol. The molecule has 0 radical (unpaired) electrons. The second kappa shape index (κ2) is 5.29. The van der Waals surface area contributed by atoms with E-state index in [4.69, 9.17) is 10.2 Å². The molecule has 0 rings (SSSR count). The highest BCUT2D eigenvalue weighted by Gasteiger charge is 1.92. The fraction of sp³-hybridized carbons (Fsp3) is 0.667. The summed E-state index contributed by atoms with van der Waals surface area (Å²) in [5.74, 6) is 0. The molecule has 0 bridgehead atoms. The average Bonchev–Trinajstić information content (AvgIpc) is 1.61. The average molecular weight is 138 g/mol. The van der Waals surface area contributed by atoms with Gasteiger partial charge in [0.25, 0.3) is 0 Å². The first-order valence-electron chi connectivity index (χ1n) is 1.94. The van der Waals surface area contributed by atoms with E-state index in [1.165, 1.54) is 0 Å². The van der Waals surface area contributed by atoms with Crippen molar-refractivity contribution < 1.29 is 20.1 Å². The van der Waals surface area contributed by atoms with Gasteiger partial charge in [-0.15, -0.1) is 0 Å². The lowest BCUT2D eigenvalue weighted by Gasteiger charge is -2.06. The second-order valence-electron chi connectivity index (χ2n) is 1.15. The summed E-state index contributed by atoms with van der Waals surface area (Å²) in [6.07, 6.45) is -3.16. The summed E-state index contributed by atoms with van der Waals surface area (Å²) < 4.78 is 0. The first kappa shape index (κ1) is 11.0. The Morgan fingerprint density at radius 3 is 2.22 bits per heavy atom. The molecule has 0 atom stereocenters. The molecule has 0 aliphatic carbocycles. The van der Waals surface area contributed by atoms with Crippen LogP contribution in [0.2, 0.25) is 0 Å². The van der Waals surface area contributed by atoms with E-state index in [1.54, 1.807) is 5.32 Å². The lowest BCUT2D eigenvalue weighted by Crippen LogP contribution is -2.40. The highest BCUT2D eigenvalue weighted by atomic mass is 16.5. The lowest BCUT2D eigenvalue weighted by atomic mass is 10.6. The molecule has 1 amide bonds. The maximum atomic E-state index is 9.46. The first-order chi connectivity index (χ1) is 3.63. The highest BCUT2D eigenvalue weighted by molar-refractivity contribution is 5.61. The molecule has 0 aliphatic rings. The van der Waals surface area contributed by atoms with Crippen molar-refractivity contribution in [2.75, 3.05) is 6.54 Å². The minimum Gasteiger partial charge on any atom is -0.530 e. The van der Waals surface area contributed by atoms with Crippen LogP contribution in [0.15, 0.2) is 0 Å². The van der Waals surface area contributed by atoms with Gasteiger partial charge in [0.05, 0.1) is 6.54 Å². The van der Waals surface area contributed by atoms with Crippen molar-refractivity contribution in [1.82, 2.24) is 11.5 Å². The number of carboxylic acid groups (broad SMARTS) is 1. The van der Waals surface area contributed by atoms with Gasteiger partial charge in [-0.1, -0.05) is 0 Å². The first-order valence-corrected chi connectivity index (χ1v) is 1.94. The van der Waals surface area contributed by atoms with Crippen LogP contribution >= 0.6 is 0 Å². The van der Waals surface area contributed by atoms with Gasteiger partial charge in [-0.25, -0.2) is 0 Å². The Bertz CT molecular complexity index is 83.9. The zero-order chi connectivity index (χ0) is 6.57. The molecule has 0 aromatic rings. The topological polar surface area (TPSA) is 129 Å². The number of hydrogen-bond acceptors (Lipinski definition) is 4. The lowest BCUT2D eigenvalue weighted by molar-refractivity contribution is -0.252. The number of carbonyl (C=O) groups excluding carboxylic acids is 1. The van der Waals surface area contributed by atoms with Crippen LogP contribution < -0.4 is 16.6 Å². The molecule has 0 fully saturated rings. The summed E-state index contributed by atoms with van der Waals surface area (Å²) >= 11 is 0. The predicted octanol–water partition coefficient (Wildman–Crippen LogP) is -2.39. The van der Waals surface area contributed by atoms with Gasteiger partial charge >= 0.3 is 0 Å². The standard InChI is InChI=1S/C3H7NO4.H3N/c5-2(6)1-4-3(7)8;/h2,4-6H,1H2,(H,7,8);1H3. The van der Waals surface area contributed by atoms with Gasteiger partial charge in [-0.05, 0) is 0 Å². The van der Waals surface area contributed by atoms with Gasteiger partial charge < -0.3 is 31.6 Å². The van der Waals surface area contributed by atoms with E-state index >= 15 is 0 Å². The van der Waals surface area contributed by atoms with Crippen LogP contribution in [-0.4, -0.2) is 29.1 Å². The Labute approximate surface area is 51.7 Å². The third-order valence-corrected chi connectivity index (χ3v) is 0.429. The number of amides is 1. The number of carbonyl (C=O) groups is 1. The SMILES string of the molecule is O=C([O-])NCC(O)O.[NH4+]. The molecule has 0 aliphatic heterocycles. The van der Waals surface area contributed by atoms with Crippen LogP contribution in [0.3, 0.4) is 0 Å². The third kappa shape index (κ3) is 11.0. The number of rotatable bonds is 2. The van der Waals surface area contributed by atoms with Gasteiger partial charge in [0.15, 0.2) is 6.29 Å². The third-order valence-electron chi connectivity index (χ3n) is 0.429. The van der Waals surface area contributed by atoms with Crippen molar-refractivity contribution in [3.8, 4) is 0 Å². The molecule has 7 N–H and O–H groups in total. The molecule has 0 unspecified atom stereocenters. The maximum absolute atomic E-state index is 9.46. The molecule has 0 aromatic heterocycles. The van der Waals surface area contributed by atoms with Crippen LogP contribution in [0.25, 0.3) is 0 Å². The summed E-state index contributed by atoms with van der Waals surface area (Å²) in [5, 5.41) is 27.1. The molecular weight excluding hydrogens is 128 g/mol. The fourth-order valence-electron chi connectivity index (χ4n) is 0.175. The van der Waals surface area contributed by atoms with Crippen molar-refractivity contribution in [3.63, 3.8) is 0 Å². The Morgan fingerprint density at radius 2 is 2.11 bits per heavy atom. The molecule has 0 aromatic carbocycles. The largest absolute Gasteiger partial charge is 0.530 e. The van der Waals surface area contributed by atoms with Crippen molar-refractivity contribution in [3.05, 3.63) is 0 Å². The van der Waals surface area contributed by atoms with Gasteiger partial charge in [-0.3, -0.25) is 0 Å². The van der Waals surface area contributed by atoms with Crippen molar-refractivity contribution in [2.24, 2.45) is 0 Å². The Kier molecular flexibility index (Phi) is 6.47. The van der Waals surface area contributed by atoms with Gasteiger partial charge in [0.1, 0.15) is 6.09 Å². The van der Waals surface area contributed by atoms with Gasteiger partial charge in [0, 0.05) is 0 Å². The van der Waals surface area contributed by atoms with Crippen molar-refractivity contribution in [1.29, 1.82) is 0 Å². The number of quaternary nitrogens is 1. The second-order valence-corrected chi connectivity index (χ2v) is 1.15. The van der Waals surface area contributed by atoms with Crippen LogP contribution in [0, 0.1) is 0 Å². The molecule has 9 heavy (non-hydrogen) atoms. The predicted molar refractivity (Wildman–Crippen MR) is 27.6 cm³/mol. The summed E-state index contributed by atoms with van der Waals surface area (Å²) in [7, 11) is 0. The Balaban J connectivity index is 0. The number of nitrogens with one attached hydrogen (secondary N) is 1. The molecule has 0 saturated heterocycles. The molecule has 6 heteroatoms. The summed E-state index contributed by atoms with van der Waals surface area (Å²) in [6, 6.07) is 0. The van der Waals surface area contributed by atoms with E-state index in [2.05, 4.69) is 0 Å². The molecule has 6 nitrogen and oxygen atoms in total. The molecular formula is C3H10N2O4. The van der Waals surface area contributed by atoms with Crippen molar-refractivity contribution >= 4 is 6.09 Å². The van der Waals surface area contributed by atoms with E-state index in [-0.39, 0.29) is 6.15 Å². The van der Waals surface area contributed by atoms with Gasteiger partial charge in [0.2, 0.25) is 0 Å². The van der Waals surface area contributed by atoms with Crippen LogP contribution in [-0.2, 0) is 0 Å². The van der Waals surface area contributed by atoms with Gasteiger partial charge in [-0.2, -0.15) is 0 Å². The summed E-state index contributed by atoms with van der Waals surface area (Å²) in [6.45, 7) is -0.414. The Hall–Kier alpha value is -0.850. The minimum absolute atomic E-state index is 0. The van der Waals surface area contributed by atoms with E-state index in [0.29, 0.717) is 0 Å². The Morgan fingerprint density at radius 1 is 1.67 bits per heavy atom. The molecule has 0 spiro atoms. The molecule has 56 valence electrons. The number of aliphatic hydroxyl groups excluding tert-OH is 1. The van der Waals surface area contributed by atoms with Crippen LogP contribution in [0.1, 0.15) is 0 Å². The van der Waals surface area contributed by atoms with Crippen LogP contribution in [0.4, 0.5) is 4.79 Å².